The first kappa shape index (κ1) is 9.47. The zero-order valence-corrected chi connectivity index (χ0v) is 7.07. The quantitative estimate of drug-likeness (QED) is 0.712. The van der Waals surface area contributed by atoms with Crippen LogP contribution >= 0.6 is 10.7 Å². The van der Waals surface area contributed by atoms with Gasteiger partial charge in [-0.15, -0.1) is 0 Å². The summed E-state index contributed by atoms with van der Waals surface area (Å²) < 4.78 is 49.4. The van der Waals surface area contributed by atoms with Gasteiger partial charge >= 0.3 is 0 Å². The first-order valence-electron chi connectivity index (χ1n) is 2.73. The lowest BCUT2D eigenvalue weighted by Gasteiger charge is -1.95. The molecule has 1 aromatic rings. The lowest BCUT2D eigenvalue weighted by Crippen LogP contribution is -1.93. The molecule has 1 aromatic heterocycles. The van der Waals surface area contributed by atoms with Crippen LogP contribution in [0.25, 0.3) is 0 Å². The standard InChI is InChI=1S/C5H3ClF2O3S/c6-12(9,10)3-1-2-11-4(3)5(7)8/h1-2,5H. The topological polar surface area (TPSA) is 47.3 Å². The third kappa shape index (κ3) is 1.75. The summed E-state index contributed by atoms with van der Waals surface area (Å²) in [5.74, 6) is -0.926. The first-order chi connectivity index (χ1) is 5.43. The maximum atomic E-state index is 12.0. The zero-order chi connectivity index (χ0) is 9.35. The van der Waals surface area contributed by atoms with Crippen molar-refractivity contribution >= 4 is 19.7 Å². The second kappa shape index (κ2) is 3.02. The highest BCUT2D eigenvalue weighted by atomic mass is 35.7. The van der Waals surface area contributed by atoms with Gasteiger partial charge in [-0.25, -0.2) is 17.2 Å². The molecular weight excluding hydrogens is 214 g/mol. The van der Waals surface area contributed by atoms with Crippen LogP contribution in [-0.2, 0) is 9.05 Å². The van der Waals surface area contributed by atoms with Crippen molar-refractivity contribution in [3.63, 3.8) is 0 Å². The van der Waals surface area contributed by atoms with Gasteiger partial charge in [-0.2, -0.15) is 0 Å². The normalized spacial score (nSPS) is 12.3. The molecule has 0 aliphatic heterocycles. The fourth-order valence-corrected chi connectivity index (χ4v) is 1.65. The van der Waals surface area contributed by atoms with Gasteiger partial charge in [0.05, 0.1) is 6.26 Å². The molecule has 0 amide bonds. The van der Waals surface area contributed by atoms with Gasteiger partial charge in [-0.05, 0) is 6.07 Å². The van der Waals surface area contributed by atoms with Crippen LogP contribution in [0.5, 0.6) is 0 Å². The Morgan fingerprint density at radius 1 is 1.50 bits per heavy atom. The summed E-state index contributed by atoms with van der Waals surface area (Å²) in [4.78, 5) is -0.681. The summed E-state index contributed by atoms with van der Waals surface area (Å²) in [7, 11) is 0.691. The Hall–Kier alpha value is -0.620. The van der Waals surface area contributed by atoms with Crippen molar-refractivity contribution in [2.45, 2.75) is 11.3 Å². The molecule has 0 fully saturated rings. The van der Waals surface area contributed by atoms with Crippen molar-refractivity contribution in [3.8, 4) is 0 Å². The smallest absolute Gasteiger partial charge is 0.296 e. The highest BCUT2D eigenvalue weighted by molar-refractivity contribution is 8.13. The van der Waals surface area contributed by atoms with E-state index < -0.39 is 26.1 Å². The number of rotatable bonds is 2. The molecule has 12 heavy (non-hydrogen) atoms. The minimum Gasteiger partial charge on any atom is -0.462 e. The second-order valence-corrected chi connectivity index (χ2v) is 4.42. The summed E-state index contributed by atoms with van der Waals surface area (Å²) in [6, 6.07) is 0.879. The Labute approximate surface area is 71.4 Å². The first-order valence-corrected chi connectivity index (χ1v) is 5.04. The molecule has 1 rings (SSSR count). The van der Waals surface area contributed by atoms with Crippen molar-refractivity contribution < 1.29 is 21.6 Å². The van der Waals surface area contributed by atoms with Crippen LogP contribution in [-0.4, -0.2) is 8.42 Å². The van der Waals surface area contributed by atoms with Gasteiger partial charge in [-0.1, -0.05) is 0 Å². The van der Waals surface area contributed by atoms with Gasteiger partial charge in [0.15, 0.2) is 5.76 Å². The molecule has 0 bridgehead atoms. The summed E-state index contributed by atoms with van der Waals surface area (Å²) in [6.07, 6.45) is -2.14. The fourth-order valence-electron chi connectivity index (χ4n) is 0.670. The number of alkyl halides is 2. The van der Waals surface area contributed by atoms with E-state index in [1.165, 1.54) is 0 Å². The summed E-state index contributed by atoms with van der Waals surface area (Å²) in [6.45, 7) is 0. The van der Waals surface area contributed by atoms with Gasteiger partial charge in [-0.3, -0.25) is 0 Å². The molecule has 1 heterocycles. The third-order valence-electron chi connectivity index (χ3n) is 1.12. The minimum absolute atomic E-state index is 0.681. The molecule has 0 aliphatic rings. The molecule has 0 spiro atoms. The van der Waals surface area contributed by atoms with E-state index in [4.69, 9.17) is 10.7 Å². The predicted octanol–water partition coefficient (Wildman–Crippen LogP) is 2.14. The molecule has 0 aliphatic carbocycles. The van der Waals surface area contributed by atoms with Gasteiger partial charge < -0.3 is 4.42 Å². The summed E-state index contributed by atoms with van der Waals surface area (Å²) in [5, 5.41) is 0. The summed E-state index contributed by atoms with van der Waals surface area (Å²) in [5.41, 5.74) is 0. The molecule has 0 unspecified atom stereocenters. The largest absolute Gasteiger partial charge is 0.462 e. The fraction of sp³-hybridized carbons (Fsp3) is 0.200. The number of furan rings is 1. The van der Waals surface area contributed by atoms with Crippen LogP contribution in [0.3, 0.4) is 0 Å². The average Bonchev–Trinajstić information content (AvgIpc) is 2.30. The van der Waals surface area contributed by atoms with E-state index in [9.17, 15) is 17.2 Å². The van der Waals surface area contributed by atoms with Gasteiger partial charge in [0.25, 0.3) is 15.5 Å². The maximum absolute atomic E-state index is 12.0. The maximum Gasteiger partial charge on any atom is 0.296 e. The zero-order valence-electron chi connectivity index (χ0n) is 5.50. The van der Waals surface area contributed by atoms with Crippen molar-refractivity contribution in [2.24, 2.45) is 0 Å². The lowest BCUT2D eigenvalue weighted by molar-refractivity contribution is 0.117. The molecule has 3 nitrogen and oxygen atoms in total. The third-order valence-corrected chi connectivity index (χ3v) is 2.48. The molecular formula is C5H3ClF2O3S. The molecule has 7 heteroatoms. The highest BCUT2D eigenvalue weighted by Crippen LogP contribution is 2.29. The van der Waals surface area contributed by atoms with Crippen LogP contribution in [0.4, 0.5) is 8.78 Å². The van der Waals surface area contributed by atoms with Gasteiger partial charge in [0, 0.05) is 10.7 Å². The molecule has 0 radical (unpaired) electrons. The number of hydrogen-bond donors (Lipinski definition) is 0. The minimum atomic E-state index is -4.14. The Morgan fingerprint density at radius 2 is 2.08 bits per heavy atom. The van der Waals surface area contributed by atoms with E-state index in [-0.39, 0.29) is 0 Å². The summed E-state index contributed by atoms with van der Waals surface area (Å²) >= 11 is 0. The number of hydrogen-bond acceptors (Lipinski definition) is 3. The monoisotopic (exact) mass is 216 g/mol. The highest BCUT2D eigenvalue weighted by Gasteiger charge is 2.24. The van der Waals surface area contributed by atoms with E-state index in [0.717, 1.165) is 12.3 Å². The molecule has 0 saturated heterocycles. The van der Waals surface area contributed by atoms with Crippen molar-refractivity contribution in [2.75, 3.05) is 0 Å². The van der Waals surface area contributed by atoms with Crippen molar-refractivity contribution in [1.82, 2.24) is 0 Å². The molecule has 0 N–H and O–H groups in total. The molecule has 0 aromatic carbocycles. The van der Waals surface area contributed by atoms with Crippen molar-refractivity contribution in [1.29, 1.82) is 0 Å². The van der Waals surface area contributed by atoms with E-state index in [2.05, 4.69) is 4.42 Å². The van der Waals surface area contributed by atoms with E-state index in [1.807, 2.05) is 0 Å². The van der Waals surface area contributed by atoms with E-state index in [0.29, 0.717) is 0 Å². The number of halogens is 3. The van der Waals surface area contributed by atoms with E-state index in [1.54, 1.807) is 0 Å². The lowest BCUT2D eigenvalue weighted by atomic mass is 10.5. The Morgan fingerprint density at radius 3 is 2.42 bits per heavy atom. The molecule has 68 valence electrons. The van der Waals surface area contributed by atoms with Crippen LogP contribution in [0.2, 0.25) is 0 Å². The predicted molar refractivity (Wildman–Crippen MR) is 36.7 cm³/mol. The molecule has 0 saturated carbocycles. The van der Waals surface area contributed by atoms with Crippen LogP contribution in [0.15, 0.2) is 21.6 Å². The van der Waals surface area contributed by atoms with Gasteiger partial charge in [0.2, 0.25) is 0 Å². The van der Waals surface area contributed by atoms with Gasteiger partial charge in [0.1, 0.15) is 4.90 Å². The van der Waals surface area contributed by atoms with E-state index >= 15 is 0 Å². The van der Waals surface area contributed by atoms with Crippen LogP contribution in [0.1, 0.15) is 12.2 Å². The van der Waals surface area contributed by atoms with Crippen molar-refractivity contribution in [3.05, 3.63) is 18.1 Å². The second-order valence-electron chi connectivity index (χ2n) is 1.89. The van der Waals surface area contributed by atoms with Crippen LogP contribution < -0.4 is 0 Å². The average molecular weight is 217 g/mol. The Balaban J connectivity index is 3.26. The Bertz CT molecular complexity index is 370. The SMILES string of the molecule is O=S(=O)(Cl)c1ccoc1C(F)F. The molecule has 0 atom stereocenters. The van der Waals surface area contributed by atoms with Crippen LogP contribution in [0, 0.1) is 0 Å². The Kier molecular flexibility index (Phi) is 2.39.